The number of aromatic nitrogens is 2. The van der Waals surface area contributed by atoms with Crippen molar-refractivity contribution >= 4 is 16.3 Å². The van der Waals surface area contributed by atoms with Gasteiger partial charge in [0.05, 0.1) is 31.1 Å². The number of morpholine rings is 1. The van der Waals surface area contributed by atoms with Crippen molar-refractivity contribution in [1.29, 1.82) is 0 Å². The van der Waals surface area contributed by atoms with E-state index in [1.165, 1.54) is 11.4 Å². The van der Waals surface area contributed by atoms with Crippen molar-refractivity contribution in [3.8, 4) is 0 Å². The van der Waals surface area contributed by atoms with E-state index in [2.05, 4.69) is 39.0 Å². The smallest absolute Gasteiger partial charge is 0.194 e. The number of aryl methyl sites for hydroxylation is 2. The van der Waals surface area contributed by atoms with Gasteiger partial charge < -0.3 is 4.74 Å². The molecule has 1 aliphatic heterocycles. The van der Waals surface area contributed by atoms with E-state index in [0.29, 0.717) is 0 Å². The minimum atomic E-state index is 0.811. The standard InChI is InChI=1S/C12H18N4OS/c1-9-8-18-12-14-10(2)11(16(9)12)7-13-15-3-5-17-6-4-15/h8,13H,3-7H2,1-2H3. The summed E-state index contributed by atoms with van der Waals surface area (Å²) in [5, 5.41) is 4.38. The number of fused-ring (bicyclic) bond motifs is 1. The molecule has 0 unspecified atom stereocenters. The Morgan fingerprint density at radius 3 is 2.94 bits per heavy atom. The van der Waals surface area contributed by atoms with E-state index in [9.17, 15) is 0 Å². The van der Waals surface area contributed by atoms with Crippen LogP contribution in [0.4, 0.5) is 0 Å². The summed E-state index contributed by atoms with van der Waals surface area (Å²) in [6.07, 6.45) is 0. The monoisotopic (exact) mass is 266 g/mol. The van der Waals surface area contributed by atoms with Gasteiger partial charge in [0.2, 0.25) is 0 Å². The van der Waals surface area contributed by atoms with Crippen LogP contribution in [0, 0.1) is 13.8 Å². The first-order valence-electron chi connectivity index (χ1n) is 6.24. The number of hydrazine groups is 1. The zero-order valence-electron chi connectivity index (χ0n) is 10.8. The number of ether oxygens (including phenoxy) is 1. The molecule has 0 atom stereocenters. The minimum absolute atomic E-state index is 0.811. The Bertz CT molecular complexity index is 542. The van der Waals surface area contributed by atoms with Crippen LogP contribution in [0.25, 0.3) is 4.96 Å². The average Bonchev–Trinajstić information content (AvgIpc) is 2.88. The van der Waals surface area contributed by atoms with E-state index in [1.54, 1.807) is 11.3 Å². The van der Waals surface area contributed by atoms with Crippen molar-refractivity contribution in [3.63, 3.8) is 0 Å². The van der Waals surface area contributed by atoms with Crippen LogP contribution in [0.1, 0.15) is 17.1 Å². The van der Waals surface area contributed by atoms with Crippen LogP contribution < -0.4 is 5.43 Å². The zero-order valence-corrected chi connectivity index (χ0v) is 11.6. The van der Waals surface area contributed by atoms with Crippen molar-refractivity contribution in [3.05, 3.63) is 22.5 Å². The topological polar surface area (TPSA) is 41.8 Å². The molecule has 1 fully saturated rings. The quantitative estimate of drug-likeness (QED) is 0.910. The summed E-state index contributed by atoms with van der Waals surface area (Å²) in [5.41, 5.74) is 7.11. The Kier molecular flexibility index (Phi) is 3.34. The lowest BCUT2D eigenvalue weighted by Gasteiger charge is -2.27. The second-order valence-corrected chi connectivity index (χ2v) is 5.41. The third-order valence-corrected chi connectivity index (χ3v) is 4.25. The van der Waals surface area contributed by atoms with Crippen LogP contribution in [0.5, 0.6) is 0 Å². The summed E-state index contributed by atoms with van der Waals surface area (Å²) in [4.78, 5) is 5.68. The molecule has 18 heavy (non-hydrogen) atoms. The molecular weight excluding hydrogens is 248 g/mol. The number of nitrogens with one attached hydrogen (secondary N) is 1. The Morgan fingerprint density at radius 1 is 1.39 bits per heavy atom. The van der Waals surface area contributed by atoms with Crippen molar-refractivity contribution in [1.82, 2.24) is 19.8 Å². The number of imidazole rings is 1. The molecule has 0 aromatic carbocycles. The van der Waals surface area contributed by atoms with Gasteiger partial charge in [-0.25, -0.2) is 15.4 Å². The molecule has 1 aliphatic rings. The molecule has 0 aliphatic carbocycles. The van der Waals surface area contributed by atoms with Gasteiger partial charge in [-0.15, -0.1) is 11.3 Å². The number of rotatable bonds is 3. The summed E-state index contributed by atoms with van der Waals surface area (Å²) in [6, 6.07) is 0. The minimum Gasteiger partial charge on any atom is -0.379 e. The first kappa shape index (κ1) is 12.1. The maximum atomic E-state index is 5.34. The number of hydrogen-bond donors (Lipinski definition) is 1. The molecule has 0 saturated carbocycles. The van der Waals surface area contributed by atoms with Gasteiger partial charge in [0, 0.05) is 24.2 Å². The van der Waals surface area contributed by atoms with E-state index < -0.39 is 0 Å². The van der Waals surface area contributed by atoms with Gasteiger partial charge in [-0.1, -0.05) is 0 Å². The zero-order chi connectivity index (χ0) is 12.5. The number of nitrogens with zero attached hydrogens (tertiary/aromatic N) is 3. The third kappa shape index (κ3) is 2.16. The molecule has 2 aromatic rings. The first-order valence-corrected chi connectivity index (χ1v) is 7.12. The maximum absolute atomic E-state index is 5.34. The molecule has 1 N–H and O–H groups in total. The Labute approximate surface area is 110 Å². The predicted octanol–water partition coefficient (Wildman–Crippen LogP) is 1.35. The lowest BCUT2D eigenvalue weighted by atomic mass is 10.3. The van der Waals surface area contributed by atoms with Crippen LogP contribution in [-0.2, 0) is 11.3 Å². The second kappa shape index (κ2) is 4.97. The van der Waals surface area contributed by atoms with Gasteiger partial charge in [-0.2, -0.15) is 0 Å². The highest BCUT2D eigenvalue weighted by Gasteiger charge is 2.14. The van der Waals surface area contributed by atoms with Gasteiger partial charge in [-0.3, -0.25) is 4.40 Å². The molecular formula is C12H18N4OS. The summed E-state index contributed by atoms with van der Waals surface area (Å²) < 4.78 is 7.58. The highest BCUT2D eigenvalue weighted by Crippen LogP contribution is 2.20. The summed E-state index contributed by atoms with van der Waals surface area (Å²) in [7, 11) is 0. The van der Waals surface area contributed by atoms with Crippen LogP contribution >= 0.6 is 11.3 Å². The normalized spacial score (nSPS) is 17.7. The van der Waals surface area contributed by atoms with Crippen molar-refractivity contribution in [2.24, 2.45) is 0 Å². The second-order valence-electron chi connectivity index (χ2n) is 4.57. The van der Waals surface area contributed by atoms with E-state index in [0.717, 1.165) is 43.5 Å². The van der Waals surface area contributed by atoms with Gasteiger partial charge in [0.15, 0.2) is 4.96 Å². The summed E-state index contributed by atoms with van der Waals surface area (Å²) in [6.45, 7) is 8.55. The molecule has 0 amide bonds. The number of hydrogen-bond acceptors (Lipinski definition) is 5. The third-order valence-electron chi connectivity index (χ3n) is 3.31. The largest absolute Gasteiger partial charge is 0.379 e. The van der Waals surface area contributed by atoms with Crippen LogP contribution in [0.2, 0.25) is 0 Å². The lowest BCUT2D eigenvalue weighted by molar-refractivity contribution is 0.0103. The van der Waals surface area contributed by atoms with E-state index in [4.69, 9.17) is 4.74 Å². The molecule has 3 rings (SSSR count). The van der Waals surface area contributed by atoms with E-state index in [1.807, 2.05) is 0 Å². The SMILES string of the molecule is Cc1nc2scc(C)n2c1CNN1CCOCC1. The summed E-state index contributed by atoms with van der Waals surface area (Å²) >= 11 is 1.70. The van der Waals surface area contributed by atoms with E-state index >= 15 is 0 Å². The Hall–Kier alpha value is -0.950. The molecule has 2 aromatic heterocycles. The van der Waals surface area contributed by atoms with Gasteiger partial charge in [0.25, 0.3) is 0 Å². The highest BCUT2D eigenvalue weighted by molar-refractivity contribution is 7.15. The molecule has 0 bridgehead atoms. The fourth-order valence-electron chi connectivity index (χ4n) is 2.28. The molecule has 0 spiro atoms. The van der Waals surface area contributed by atoms with Crippen molar-refractivity contribution < 1.29 is 4.74 Å². The average molecular weight is 266 g/mol. The molecule has 6 heteroatoms. The lowest BCUT2D eigenvalue weighted by Crippen LogP contribution is -2.45. The maximum Gasteiger partial charge on any atom is 0.194 e. The highest BCUT2D eigenvalue weighted by atomic mass is 32.1. The number of thiazole rings is 1. The Balaban J connectivity index is 1.77. The van der Waals surface area contributed by atoms with Gasteiger partial charge in [0.1, 0.15) is 0 Å². The van der Waals surface area contributed by atoms with Crippen LogP contribution in [-0.4, -0.2) is 40.7 Å². The molecule has 3 heterocycles. The van der Waals surface area contributed by atoms with E-state index in [-0.39, 0.29) is 0 Å². The molecule has 5 nitrogen and oxygen atoms in total. The van der Waals surface area contributed by atoms with Gasteiger partial charge >= 0.3 is 0 Å². The van der Waals surface area contributed by atoms with Crippen molar-refractivity contribution in [2.45, 2.75) is 20.4 Å². The molecule has 98 valence electrons. The van der Waals surface area contributed by atoms with Crippen LogP contribution in [0.3, 0.4) is 0 Å². The fourth-order valence-corrected chi connectivity index (χ4v) is 3.21. The molecule has 1 saturated heterocycles. The van der Waals surface area contributed by atoms with Crippen LogP contribution in [0.15, 0.2) is 5.38 Å². The van der Waals surface area contributed by atoms with Crippen molar-refractivity contribution in [2.75, 3.05) is 26.3 Å². The predicted molar refractivity (Wildman–Crippen MR) is 71.8 cm³/mol. The Morgan fingerprint density at radius 2 is 2.17 bits per heavy atom. The fraction of sp³-hybridized carbons (Fsp3) is 0.583. The first-order chi connectivity index (χ1) is 8.75. The molecule has 0 radical (unpaired) electrons. The van der Waals surface area contributed by atoms with Gasteiger partial charge in [-0.05, 0) is 13.8 Å². The summed E-state index contributed by atoms with van der Waals surface area (Å²) in [5.74, 6) is 0.